The van der Waals surface area contributed by atoms with Crippen molar-refractivity contribution in [2.24, 2.45) is 5.92 Å². The largest absolute Gasteiger partial charge is 0.454 e. The normalized spacial score (nSPS) is 16.9. The summed E-state index contributed by atoms with van der Waals surface area (Å²) in [7, 11) is 0. The van der Waals surface area contributed by atoms with Gasteiger partial charge in [0.1, 0.15) is 5.82 Å². The summed E-state index contributed by atoms with van der Waals surface area (Å²) in [6, 6.07) is 10.3. The number of piperidine rings is 1. The molecular formula is C21H27N3O2. The topological polar surface area (TPSA) is 46.6 Å². The van der Waals surface area contributed by atoms with Crippen LogP contribution in [0, 0.1) is 5.92 Å². The fourth-order valence-electron chi connectivity index (χ4n) is 3.79. The number of benzene rings is 1. The van der Waals surface area contributed by atoms with Crippen LogP contribution < -0.4 is 19.7 Å². The Morgan fingerprint density at radius 1 is 1.15 bits per heavy atom. The molecule has 5 heteroatoms. The smallest absolute Gasteiger partial charge is 0.231 e. The maximum atomic E-state index is 5.57. The summed E-state index contributed by atoms with van der Waals surface area (Å²) in [5, 5.41) is 3.51. The lowest BCUT2D eigenvalue weighted by molar-refractivity contribution is 0.173. The predicted octanol–water partition coefficient (Wildman–Crippen LogP) is 3.73. The highest BCUT2D eigenvalue weighted by molar-refractivity contribution is 5.48. The molecule has 0 spiro atoms. The Hall–Kier alpha value is -2.27. The Bertz CT molecular complexity index is 742. The third-order valence-corrected chi connectivity index (χ3v) is 5.45. The van der Waals surface area contributed by atoms with E-state index < -0.39 is 0 Å². The first-order valence-corrected chi connectivity index (χ1v) is 9.61. The predicted molar refractivity (Wildman–Crippen MR) is 103 cm³/mol. The van der Waals surface area contributed by atoms with Crippen molar-refractivity contribution in [3.63, 3.8) is 0 Å². The van der Waals surface area contributed by atoms with E-state index in [4.69, 9.17) is 9.47 Å². The molecule has 1 N–H and O–H groups in total. The molecule has 1 fully saturated rings. The fraction of sp³-hybridized carbons (Fsp3) is 0.476. The second kappa shape index (κ2) is 7.96. The van der Waals surface area contributed by atoms with Crippen molar-refractivity contribution in [3.05, 3.63) is 47.7 Å². The summed E-state index contributed by atoms with van der Waals surface area (Å²) in [4.78, 5) is 7.01. The molecule has 0 amide bonds. The third kappa shape index (κ3) is 3.78. The number of nitrogens with zero attached hydrogens (tertiary/aromatic N) is 2. The van der Waals surface area contributed by atoms with Crippen molar-refractivity contribution in [2.45, 2.75) is 39.3 Å². The molecule has 5 nitrogen and oxygen atoms in total. The Morgan fingerprint density at radius 3 is 2.88 bits per heavy atom. The molecule has 26 heavy (non-hydrogen) atoms. The zero-order chi connectivity index (χ0) is 17.8. The Morgan fingerprint density at radius 2 is 2.04 bits per heavy atom. The number of ether oxygens (including phenoxy) is 2. The molecule has 138 valence electrons. The molecule has 0 radical (unpaired) electrons. The first-order chi connectivity index (χ1) is 12.8. The maximum Gasteiger partial charge on any atom is 0.231 e. The van der Waals surface area contributed by atoms with E-state index in [1.165, 1.54) is 24.8 Å². The quantitative estimate of drug-likeness (QED) is 0.857. The summed E-state index contributed by atoms with van der Waals surface area (Å²) in [5.41, 5.74) is 2.40. The first kappa shape index (κ1) is 17.2. The van der Waals surface area contributed by atoms with Crippen molar-refractivity contribution in [3.8, 4) is 11.5 Å². The average molecular weight is 353 g/mol. The monoisotopic (exact) mass is 353 g/mol. The van der Waals surface area contributed by atoms with Crippen LogP contribution in [-0.2, 0) is 13.1 Å². The molecule has 0 unspecified atom stereocenters. The minimum Gasteiger partial charge on any atom is -0.454 e. The number of fused-ring (bicyclic) bond motifs is 1. The van der Waals surface area contributed by atoms with Gasteiger partial charge in [-0.05, 0) is 42.5 Å². The number of nitrogens with one attached hydrogen (secondary N) is 1. The molecule has 0 atom stereocenters. The number of hydrogen-bond donors (Lipinski definition) is 1. The summed E-state index contributed by atoms with van der Waals surface area (Å²) in [6.07, 6.45) is 5.78. The highest BCUT2D eigenvalue weighted by Gasteiger charge is 2.19. The number of anilines is 1. The number of rotatable bonds is 6. The Labute approximate surface area is 155 Å². The fourth-order valence-corrected chi connectivity index (χ4v) is 3.79. The van der Waals surface area contributed by atoms with Crippen molar-refractivity contribution in [2.75, 3.05) is 24.8 Å². The number of pyridine rings is 1. The summed E-state index contributed by atoms with van der Waals surface area (Å²) < 4.78 is 11.0. The van der Waals surface area contributed by atoms with Gasteiger partial charge in [-0.15, -0.1) is 0 Å². The van der Waals surface area contributed by atoms with E-state index in [-0.39, 0.29) is 0 Å². The molecule has 1 aromatic heterocycles. The van der Waals surface area contributed by atoms with Gasteiger partial charge in [0.25, 0.3) is 0 Å². The van der Waals surface area contributed by atoms with E-state index in [2.05, 4.69) is 40.3 Å². The van der Waals surface area contributed by atoms with Gasteiger partial charge < -0.3 is 19.7 Å². The number of hydrogen-bond acceptors (Lipinski definition) is 5. The van der Waals surface area contributed by atoms with Crippen molar-refractivity contribution >= 4 is 5.82 Å². The van der Waals surface area contributed by atoms with Crippen LogP contribution in [0.5, 0.6) is 11.5 Å². The molecule has 2 aromatic rings. The number of para-hydroxylation sites is 1. The maximum absolute atomic E-state index is 5.57. The van der Waals surface area contributed by atoms with E-state index >= 15 is 0 Å². The van der Waals surface area contributed by atoms with Crippen LogP contribution in [0.3, 0.4) is 0 Å². The van der Waals surface area contributed by atoms with Crippen LogP contribution in [0.2, 0.25) is 0 Å². The van der Waals surface area contributed by atoms with Crippen molar-refractivity contribution in [1.29, 1.82) is 0 Å². The van der Waals surface area contributed by atoms with Crippen LogP contribution in [0.25, 0.3) is 0 Å². The van der Waals surface area contributed by atoms with Gasteiger partial charge in [-0.3, -0.25) is 0 Å². The standard InChI is InChI=1S/C21H27N3O2/c1-2-16-7-10-24(11-8-16)20-12-17(6-9-23-20)13-22-14-18-4-3-5-19-21(18)26-15-25-19/h3-6,9,12,16,22H,2,7-8,10-11,13-15H2,1H3. The van der Waals surface area contributed by atoms with Crippen LogP contribution in [0.1, 0.15) is 37.3 Å². The molecule has 3 heterocycles. The van der Waals surface area contributed by atoms with Crippen LogP contribution in [0.4, 0.5) is 5.82 Å². The zero-order valence-corrected chi connectivity index (χ0v) is 15.4. The van der Waals surface area contributed by atoms with Gasteiger partial charge in [0.05, 0.1) is 0 Å². The van der Waals surface area contributed by atoms with Crippen molar-refractivity contribution < 1.29 is 9.47 Å². The van der Waals surface area contributed by atoms with Gasteiger partial charge in [-0.1, -0.05) is 25.5 Å². The SMILES string of the molecule is CCC1CCN(c2cc(CNCc3cccc4c3OCO4)ccn2)CC1. The molecule has 1 aromatic carbocycles. The minimum absolute atomic E-state index is 0.314. The third-order valence-electron chi connectivity index (χ3n) is 5.45. The molecule has 2 aliphatic rings. The summed E-state index contributed by atoms with van der Waals surface area (Å²) in [6.45, 7) is 6.42. The average Bonchev–Trinajstić information content (AvgIpc) is 3.18. The Kier molecular flexibility index (Phi) is 5.25. The number of aromatic nitrogens is 1. The molecule has 0 bridgehead atoms. The lowest BCUT2D eigenvalue weighted by Gasteiger charge is -2.32. The van der Waals surface area contributed by atoms with E-state index in [0.29, 0.717) is 6.79 Å². The van der Waals surface area contributed by atoms with Gasteiger partial charge in [0.15, 0.2) is 11.5 Å². The van der Waals surface area contributed by atoms with E-state index in [9.17, 15) is 0 Å². The molecule has 4 rings (SSSR count). The van der Waals surface area contributed by atoms with Gasteiger partial charge in [0, 0.05) is 37.9 Å². The molecule has 0 saturated carbocycles. The highest BCUT2D eigenvalue weighted by atomic mass is 16.7. The Balaban J connectivity index is 1.34. The molecule has 0 aliphatic carbocycles. The molecule has 1 saturated heterocycles. The second-order valence-corrected chi connectivity index (χ2v) is 7.12. The van der Waals surface area contributed by atoms with Gasteiger partial charge >= 0.3 is 0 Å². The van der Waals surface area contributed by atoms with E-state index in [1.807, 2.05) is 18.3 Å². The van der Waals surface area contributed by atoms with Crippen LogP contribution >= 0.6 is 0 Å². The van der Waals surface area contributed by atoms with Gasteiger partial charge in [-0.25, -0.2) is 4.98 Å². The first-order valence-electron chi connectivity index (χ1n) is 9.61. The summed E-state index contributed by atoms with van der Waals surface area (Å²) >= 11 is 0. The van der Waals surface area contributed by atoms with Crippen molar-refractivity contribution in [1.82, 2.24) is 10.3 Å². The van der Waals surface area contributed by atoms with E-state index in [1.54, 1.807) is 0 Å². The zero-order valence-electron chi connectivity index (χ0n) is 15.4. The highest BCUT2D eigenvalue weighted by Crippen LogP contribution is 2.35. The summed E-state index contributed by atoms with van der Waals surface area (Å²) in [5.74, 6) is 3.70. The van der Waals surface area contributed by atoms with Crippen LogP contribution in [0.15, 0.2) is 36.5 Å². The minimum atomic E-state index is 0.314. The molecular weight excluding hydrogens is 326 g/mol. The second-order valence-electron chi connectivity index (χ2n) is 7.12. The molecule has 2 aliphatic heterocycles. The van der Waals surface area contributed by atoms with Crippen LogP contribution in [-0.4, -0.2) is 24.9 Å². The van der Waals surface area contributed by atoms with Gasteiger partial charge in [0.2, 0.25) is 6.79 Å². The lowest BCUT2D eigenvalue weighted by atomic mass is 9.94. The lowest BCUT2D eigenvalue weighted by Crippen LogP contribution is -2.34. The van der Waals surface area contributed by atoms with Gasteiger partial charge in [-0.2, -0.15) is 0 Å². The van der Waals surface area contributed by atoms with E-state index in [0.717, 1.165) is 55.0 Å².